The lowest BCUT2D eigenvalue weighted by Gasteiger charge is -2.68. The second-order valence-corrected chi connectivity index (χ2v) is 15.4. The predicted octanol–water partition coefficient (Wildman–Crippen LogP) is 8.81. The zero-order valence-corrected chi connectivity index (χ0v) is 23.3. The first-order valence-electron chi connectivity index (χ1n) is 14.6. The highest BCUT2D eigenvalue weighted by atomic mass is 16.3. The van der Waals surface area contributed by atoms with Gasteiger partial charge in [-0.25, -0.2) is 0 Å². The molecular weight excluding hydrogens is 400 g/mol. The van der Waals surface area contributed by atoms with Gasteiger partial charge >= 0.3 is 0 Å². The zero-order chi connectivity index (χ0) is 24.2. The molecule has 5 saturated carbocycles. The number of hydrogen-bond acceptors (Lipinski definition) is 1. The summed E-state index contributed by atoms with van der Waals surface area (Å²) in [7, 11) is 0. The minimum Gasteiger partial charge on any atom is -0.393 e. The van der Waals surface area contributed by atoms with E-state index < -0.39 is 0 Å². The Morgan fingerprint density at radius 3 is 2.21 bits per heavy atom. The van der Waals surface area contributed by atoms with Gasteiger partial charge < -0.3 is 5.11 Å². The van der Waals surface area contributed by atoms with Crippen LogP contribution < -0.4 is 0 Å². The molecule has 0 aromatic carbocycles. The number of fused-ring (bicyclic) bond motifs is 2. The van der Waals surface area contributed by atoms with Crippen molar-refractivity contribution in [2.75, 3.05) is 0 Å². The molecular formula is C32H54O. The molecule has 0 bridgehead atoms. The normalized spacial score (nSPS) is 53.0. The van der Waals surface area contributed by atoms with Gasteiger partial charge in [-0.3, -0.25) is 0 Å². The molecule has 0 unspecified atom stereocenters. The standard InChI is InChI=1S/C32H54O/c1-21(2)22(3)10-11-23(4)24-12-15-29(8)28(24,7)18-19-32-20-31(32)17-14-26(33)27(5,6)25(31)13-16-30(29,32)9/h21,23-26,33H,3,10-20H2,1-2,4-9H3/t23-,24-,25+,26+,28-,29-,30+,31-,32+/m1/s1. The van der Waals surface area contributed by atoms with Crippen LogP contribution in [0, 0.1) is 56.2 Å². The van der Waals surface area contributed by atoms with Gasteiger partial charge in [0.05, 0.1) is 6.10 Å². The summed E-state index contributed by atoms with van der Waals surface area (Å²) >= 11 is 0. The fourth-order valence-electron chi connectivity index (χ4n) is 11.8. The third-order valence-corrected chi connectivity index (χ3v) is 14.5. The lowest BCUT2D eigenvalue weighted by molar-refractivity contribution is -0.209. The molecule has 1 N–H and O–H groups in total. The van der Waals surface area contributed by atoms with E-state index in [0.717, 1.165) is 24.2 Å². The Bertz CT molecular complexity index is 824. The van der Waals surface area contributed by atoms with Crippen LogP contribution in [0.15, 0.2) is 12.2 Å². The van der Waals surface area contributed by atoms with Crippen LogP contribution >= 0.6 is 0 Å². The van der Waals surface area contributed by atoms with Gasteiger partial charge in [-0.15, -0.1) is 0 Å². The van der Waals surface area contributed by atoms with Crippen LogP contribution in [0.4, 0.5) is 0 Å². The van der Waals surface area contributed by atoms with Gasteiger partial charge in [-0.2, -0.15) is 0 Å². The summed E-state index contributed by atoms with van der Waals surface area (Å²) in [5.74, 6) is 3.02. The summed E-state index contributed by atoms with van der Waals surface area (Å²) in [4.78, 5) is 0. The number of aliphatic hydroxyl groups is 1. The monoisotopic (exact) mass is 454 g/mol. The second-order valence-electron chi connectivity index (χ2n) is 15.4. The molecule has 1 nitrogen and oxygen atoms in total. The Kier molecular flexibility index (Phi) is 5.28. The summed E-state index contributed by atoms with van der Waals surface area (Å²) in [6.45, 7) is 24.6. The summed E-state index contributed by atoms with van der Waals surface area (Å²) < 4.78 is 0. The van der Waals surface area contributed by atoms with Gasteiger partial charge in [-0.1, -0.05) is 67.5 Å². The first kappa shape index (κ1) is 24.4. The van der Waals surface area contributed by atoms with Crippen LogP contribution in [-0.4, -0.2) is 11.2 Å². The van der Waals surface area contributed by atoms with E-state index >= 15 is 0 Å². The SMILES string of the molecule is C=C(CC[C@@H](C)[C@H]1CC[C@@]2(C)[C@]3(C)CC[C@H]4C(C)(C)[C@@H](O)CC[C@@]45C[C@]53CC[C@]12C)C(C)C. The van der Waals surface area contributed by atoms with Crippen LogP contribution in [-0.2, 0) is 0 Å². The maximum Gasteiger partial charge on any atom is 0.0594 e. The van der Waals surface area contributed by atoms with Crippen LogP contribution in [0.25, 0.3) is 0 Å². The van der Waals surface area contributed by atoms with Crippen molar-refractivity contribution in [1.29, 1.82) is 0 Å². The van der Waals surface area contributed by atoms with Crippen LogP contribution in [0.3, 0.4) is 0 Å². The van der Waals surface area contributed by atoms with Gasteiger partial charge in [0, 0.05) is 0 Å². The Morgan fingerprint density at radius 1 is 0.879 bits per heavy atom. The topological polar surface area (TPSA) is 20.2 Å². The number of allylic oxidation sites excluding steroid dienone is 1. The number of hydrogen-bond donors (Lipinski definition) is 1. The molecule has 2 spiro atoms. The average molecular weight is 455 g/mol. The molecule has 5 fully saturated rings. The van der Waals surface area contributed by atoms with Crippen molar-refractivity contribution < 1.29 is 5.11 Å². The summed E-state index contributed by atoms with van der Waals surface area (Å²) in [6, 6.07) is 0. The summed E-state index contributed by atoms with van der Waals surface area (Å²) in [5.41, 5.74) is 4.04. The Hall–Kier alpha value is -0.300. The van der Waals surface area contributed by atoms with E-state index in [4.69, 9.17) is 0 Å². The van der Waals surface area contributed by atoms with Gasteiger partial charge in [0.1, 0.15) is 0 Å². The maximum atomic E-state index is 10.9. The molecule has 33 heavy (non-hydrogen) atoms. The average Bonchev–Trinajstić information content (AvgIpc) is 3.33. The fraction of sp³-hybridized carbons (Fsp3) is 0.938. The molecule has 1 heteroatoms. The first-order chi connectivity index (χ1) is 15.2. The molecule has 0 aliphatic heterocycles. The molecule has 5 aliphatic rings. The van der Waals surface area contributed by atoms with E-state index in [1.54, 1.807) is 0 Å². The minimum atomic E-state index is -0.100. The molecule has 0 radical (unpaired) electrons. The Morgan fingerprint density at radius 2 is 1.55 bits per heavy atom. The number of rotatable bonds is 5. The van der Waals surface area contributed by atoms with Crippen LogP contribution in [0.5, 0.6) is 0 Å². The smallest absolute Gasteiger partial charge is 0.0594 e. The van der Waals surface area contributed by atoms with Crippen molar-refractivity contribution in [1.82, 2.24) is 0 Å². The van der Waals surface area contributed by atoms with E-state index in [2.05, 4.69) is 62.0 Å². The largest absolute Gasteiger partial charge is 0.393 e. The zero-order valence-electron chi connectivity index (χ0n) is 23.3. The van der Waals surface area contributed by atoms with Crippen molar-refractivity contribution in [2.24, 2.45) is 56.2 Å². The fourth-order valence-corrected chi connectivity index (χ4v) is 11.8. The van der Waals surface area contributed by atoms with Crippen LogP contribution in [0.1, 0.15) is 126 Å². The van der Waals surface area contributed by atoms with Gasteiger partial charge in [0.25, 0.3) is 0 Å². The lowest BCUT2D eigenvalue weighted by atomic mass is 9.36. The van der Waals surface area contributed by atoms with E-state index in [-0.39, 0.29) is 11.5 Å². The quantitative estimate of drug-likeness (QED) is 0.411. The third-order valence-electron chi connectivity index (χ3n) is 14.5. The first-order valence-corrected chi connectivity index (χ1v) is 14.6. The molecule has 0 heterocycles. The minimum absolute atomic E-state index is 0.0935. The molecule has 0 aromatic heterocycles. The molecule has 9 atom stereocenters. The highest BCUT2D eigenvalue weighted by molar-refractivity contribution is 5.34. The van der Waals surface area contributed by atoms with Crippen molar-refractivity contribution >= 4 is 0 Å². The molecule has 188 valence electrons. The highest BCUT2D eigenvalue weighted by Gasteiger charge is 2.85. The van der Waals surface area contributed by atoms with Crippen LogP contribution in [0.2, 0.25) is 0 Å². The third kappa shape index (κ3) is 2.70. The molecule has 5 aliphatic carbocycles. The van der Waals surface area contributed by atoms with Crippen molar-refractivity contribution in [3.05, 3.63) is 12.2 Å². The molecule has 0 aromatic rings. The van der Waals surface area contributed by atoms with Crippen molar-refractivity contribution in [3.8, 4) is 0 Å². The van der Waals surface area contributed by atoms with Gasteiger partial charge in [0.2, 0.25) is 0 Å². The Balaban J connectivity index is 1.43. The van der Waals surface area contributed by atoms with E-state index in [0.29, 0.717) is 33.0 Å². The number of aliphatic hydroxyl groups excluding tert-OH is 1. The van der Waals surface area contributed by atoms with E-state index in [9.17, 15) is 5.11 Å². The lowest BCUT2D eigenvalue weighted by Crippen LogP contribution is -2.62. The second kappa shape index (κ2) is 7.14. The van der Waals surface area contributed by atoms with Crippen molar-refractivity contribution in [2.45, 2.75) is 132 Å². The summed E-state index contributed by atoms with van der Waals surface area (Å²) in [6.07, 6.45) is 14.8. The van der Waals surface area contributed by atoms with Crippen molar-refractivity contribution in [3.63, 3.8) is 0 Å². The molecule has 0 saturated heterocycles. The van der Waals surface area contributed by atoms with Gasteiger partial charge in [-0.05, 0) is 127 Å². The van der Waals surface area contributed by atoms with E-state index in [1.807, 2.05) is 0 Å². The highest BCUT2D eigenvalue weighted by Crippen LogP contribution is 2.92. The predicted molar refractivity (Wildman–Crippen MR) is 140 cm³/mol. The Labute approximate surface area is 205 Å². The molecule has 0 amide bonds. The van der Waals surface area contributed by atoms with Gasteiger partial charge in [0.15, 0.2) is 0 Å². The summed E-state index contributed by atoms with van der Waals surface area (Å²) in [5, 5.41) is 10.9. The maximum absolute atomic E-state index is 10.9. The molecule has 5 rings (SSSR count). The van der Waals surface area contributed by atoms with E-state index in [1.165, 1.54) is 69.8 Å².